The van der Waals surface area contributed by atoms with Gasteiger partial charge in [-0.2, -0.15) is 13.2 Å². The summed E-state index contributed by atoms with van der Waals surface area (Å²) in [5.41, 5.74) is -0.656. The SMILES string of the molecule is Cc1noc(C)c1CN1CCC(NC(=O)c2cccc(C(F)(F)F)c2F)CCC1=O. The standard InChI is InChI=1S/C20H21F4N3O3/c1-11-15(12(2)30-26-11)10-27-9-8-13(6-7-17(27)28)25-19(29)14-4-3-5-16(18(14)21)20(22,23)24/h3-5,13H,6-10H2,1-2H3,(H,25,29). The Morgan fingerprint density at radius 3 is 2.67 bits per heavy atom. The van der Waals surface area contributed by atoms with E-state index in [0.717, 1.165) is 17.7 Å². The molecule has 2 amide bonds. The van der Waals surface area contributed by atoms with E-state index in [-0.39, 0.29) is 12.3 Å². The van der Waals surface area contributed by atoms with E-state index >= 15 is 0 Å². The van der Waals surface area contributed by atoms with E-state index in [1.165, 1.54) is 0 Å². The quantitative estimate of drug-likeness (QED) is 0.754. The third kappa shape index (κ3) is 4.63. The van der Waals surface area contributed by atoms with Crippen LogP contribution in [0.4, 0.5) is 17.6 Å². The molecule has 0 spiro atoms. The molecule has 1 atom stereocenters. The van der Waals surface area contributed by atoms with Crippen molar-refractivity contribution in [3.63, 3.8) is 0 Å². The van der Waals surface area contributed by atoms with Crippen molar-refractivity contribution >= 4 is 11.8 Å². The van der Waals surface area contributed by atoms with Crippen molar-refractivity contribution in [2.75, 3.05) is 6.54 Å². The molecule has 1 unspecified atom stereocenters. The molecular weight excluding hydrogens is 406 g/mol. The Kier molecular flexibility index (Phi) is 6.14. The summed E-state index contributed by atoms with van der Waals surface area (Å²) in [4.78, 5) is 26.5. The first kappa shape index (κ1) is 21.8. The fourth-order valence-electron chi connectivity index (χ4n) is 3.46. The third-order valence-electron chi connectivity index (χ3n) is 5.22. The Hall–Kier alpha value is -2.91. The van der Waals surface area contributed by atoms with Crippen LogP contribution in [0.1, 0.15) is 52.2 Å². The van der Waals surface area contributed by atoms with E-state index in [9.17, 15) is 27.2 Å². The molecule has 1 aromatic carbocycles. The molecular formula is C20H21F4N3O3. The van der Waals surface area contributed by atoms with Crippen LogP contribution >= 0.6 is 0 Å². The molecule has 2 aromatic rings. The van der Waals surface area contributed by atoms with Crippen LogP contribution in [-0.4, -0.2) is 34.5 Å². The number of benzene rings is 1. The number of rotatable bonds is 4. The fraction of sp³-hybridized carbons (Fsp3) is 0.450. The van der Waals surface area contributed by atoms with Gasteiger partial charge < -0.3 is 14.7 Å². The molecule has 1 aliphatic rings. The van der Waals surface area contributed by atoms with Gasteiger partial charge in [-0.1, -0.05) is 11.2 Å². The van der Waals surface area contributed by atoms with Crippen molar-refractivity contribution in [1.29, 1.82) is 0 Å². The van der Waals surface area contributed by atoms with Crippen LogP contribution in [-0.2, 0) is 17.5 Å². The molecule has 10 heteroatoms. The van der Waals surface area contributed by atoms with Gasteiger partial charge in [0.2, 0.25) is 5.91 Å². The number of carbonyl (C=O) groups is 2. The van der Waals surface area contributed by atoms with Crippen molar-refractivity contribution in [2.45, 2.75) is 51.9 Å². The maximum atomic E-state index is 14.2. The number of likely N-dealkylation sites (tertiary alicyclic amines) is 1. The second kappa shape index (κ2) is 8.45. The Labute approximate surface area is 170 Å². The van der Waals surface area contributed by atoms with Crippen LogP contribution in [0.25, 0.3) is 0 Å². The maximum absolute atomic E-state index is 14.2. The fourth-order valence-corrected chi connectivity index (χ4v) is 3.46. The van der Waals surface area contributed by atoms with Crippen molar-refractivity contribution < 1.29 is 31.7 Å². The summed E-state index contributed by atoms with van der Waals surface area (Å²) in [6, 6.07) is 2.11. The minimum absolute atomic E-state index is 0.114. The molecule has 3 rings (SSSR count). The molecule has 0 saturated carbocycles. The zero-order valence-electron chi connectivity index (χ0n) is 16.5. The van der Waals surface area contributed by atoms with Crippen LogP contribution in [0.15, 0.2) is 22.7 Å². The summed E-state index contributed by atoms with van der Waals surface area (Å²) in [6.45, 7) is 4.19. The van der Waals surface area contributed by atoms with E-state index < -0.39 is 35.1 Å². The molecule has 1 aliphatic heterocycles. The van der Waals surface area contributed by atoms with E-state index in [0.29, 0.717) is 43.5 Å². The number of aryl methyl sites for hydroxylation is 2. The number of hydrogen-bond donors (Lipinski definition) is 1. The first-order chi connectivity index (χ1) is 14.1. The van der Waals surface area contributed by atoms with Gasteiger partial charge in [0.05, 0.1) is 23.4 Å². The lowest BCUT2D eigenvalue weighted by molar-refractivity contribution is -0.140. The van der Waals surface area contributed by atoms with Crippen molar-refractivity contribution in [3.8, 4) is 0 Å². The first-order valence-electron chi connectivity index (χ1n) is 9.44. The van der Waals surface area contributed by atoms with Crippen LogP contribution in [0.5, 0.6) is 0 Å². The largest absolute Gasteiger partial charge is 0.419 e. The van der Waals surface area contributed by atoms with Gasteiger partial charge in [-0.05, 0) is 38.8 Å². The Balaban J connectivity index is 1.68. The average molecular weight is 427 g/mol. The van der Waals surface area contributed by atoms with Gasteiger partial charge in [0.25, 0.3) is 5.91 Å². The predicted molar refractivity (Wildman–Crippen MR) is 97.9 cm³/mol. The van der Waals surface area contributed by atoms with Crippen LogP contribution in [0, 0.1) is 19.7 Å². The number of hydrogen-bond acceptors (Lipinski definition) is 4. The molecule has 0 bridgehead atoms. The van der Waals surface area contributed by atoms with E-state index in [2.05, 4.69) is 10.5 Å². The van der Waals surface area contributed by atoms with E-state index in [1.807, 2.05) is 0 Å². The molecule has 0 radical (unpaired) electrons. The second-order valence-corrected chi connectivity index (χ2v) is 7.28. The summed E-state index contributed by atoms with van der Waals surface area (Å²) >= 11 is 0. The zero-order chi connectivity index (χ0) is 22.1. The lowest BCUT2D eigenvalue weighted by atomic mass is 10.1. The number of halogens is 4. The van der Waals surface area contributed by atoms with Crippen LogP contribution in [0.3, 0.4) is 0 Å². The number of nitrogens with one attached hydrogen (secondary N) is 1. The smallest absolute Gasteiger partial charge is 0.361 e. The average Bonchev–Trinajstić information content (AvgIpc) is 2.88. The monoisotopic (exact) mass is 427 g/mol. The Bertz CT molecular complexity index is 936. The number of amides is 2. The molecule has 0 aliphatic carbocycles. The summed E-state index contributed by atoms with van der Waals surface area (Å²) < 4.78 is 57.9. The van der Waals surface area contributed by atoms with Gasteiger partial charge in [-0.3, -0.25) is 9.59 Å². The topological polar surface area (TPSA) is 75.4 Å². The maximum Gasteiger partial charge on any atom is 0.419 e. The molecule has 1 saturated heterocycles. The summed E-state index contributed by atoms with van der Waals surface area (Å²) in [7, 11) is 0. The van der Waals surface area contributed by atoms with Gasteiger partial charge >= 0.3 is 6.18 Å². The number of nitrogens with zero attached hydrogens (tertiary/aromatic N) is 2. The highest BCUT2D eigenvalue weighted by Gasteiger charge is 2.36. The van der Waals surface area contributed by atoms with Gasteiger partial charge in [0, 0.05) is 24.6 Å². The Morgan fingerprint density at radius 1 is 1.30 bits per heavy atom. The molecule has 162 valence electrons. The zero-order valence-corrected chi connectivity index (χ0v) is 16.5. The highest BCUT2D eigenvalue weighted by Crippen LogP contribution is 2.32. The van der Waals surface area contributed by atoms with Crippen LogP contribution in [0.2, 0.25) is 0 Å². The van der Waals surface area contributed by atoms with Crippen molar-refractivity contribution in [3.05, 3.63) is 52.2 Å². The number of alkyl halides is 3. The van der Waals surface area contributed by atoms with Crippen molar-refractivity contribution in [1.82, 2.24) is 15.4 Å². The van der Waals surface area contributed by atoms with Gasteiger partial charge in [-0.25, -0.2) is 4.39 Å². The van der Waals surface area contributed by atoms with E-state index in [1.54, 1.807) is 18.7 Å². The molecule has 1 fully saturated rings. The minimum atomic E-state index is -4.90. The molecule has 6 nitrogen and oxygen atoms in total. The lowest BCUT2D eigenvalue weighted by Gasteiger charge is -2.21. The summed E-state index contributed by atoms with van der Waals surface area (Å²) in [5.74, 6) is -2.03. The molecule has 1 aromatic heterocycles. The second-order valence-electron chi connectivity index (χ2n) is 7.28. The summed E-state index contributed by atoms with van der Waals surface area (Å²) in [5, 5.41) is 6.43. The minimum Gasteiger partial charge on any atom is -0.361 e. The highest BCUT2D eigenvalue weighted by atomic mass is 19.4. The van der Waals surface area contributed by atoms with E-state index in [4.69, 9.17) is 4.52 Å². The highest BCUT2D eigenvalue weighted by molar-refractivity contribution is 5.95. The Morgan fingerprint density at radius 2 is 2.03 bits per heavy atom. The molecule has 30 heavy (non-hydrogen) atoms. The lowest BCUT2D eigenvalue weighted by Crippen LogP contribution is -2.36. The predicted octanol–water partition coefficient (Wildman–Crippen LogP) is 3.76. The third-order valence-corrected chi connectivity index (χ3v) is 5.22. The number of aromatic nitrogens is 1. The van der Waals surface area contributed by atoms with Gasteiger partial charge in [-0.15, -0.1) is 0 Å². The number of carbonyl (C=O) groups excluding carboxylic acids is 2. The van der Waals surface area contributed by atoms with Gasteiger partial charge in [0.1, 0.15) is 11.6 Å². The van der Waals surface area contributed by atoms with Gasteiger partial charge in [0.15, 0.2) is 0 Å². The van der Waals surface area contributed by atoms with Crippen molar-refractivity contribution in [2.24, 2.45) is 0 Å². The first-order valence-corrected chi connectivity index (χ1v) is 9.44. The molecule has 1 N–H and O–H groups in total. The van der Waals surface area contributed by atoms with Crippen LogP contribution < -0.4 is 5.32 Å². The molecule has 2 heterocycles. The normalized spacial score (nSPS) is 17.7. The summed E-state index contributed by atoms with van der Waals surface area (Å²) in [6.07, 6.45) is -4.04.